The van der Waals surface area contributed by atoms with Crippen molar-refractivity contribution in [1.29, 1.82) is 0 Å². The summed E-state index contributed by atoms with van der Waals surface area (Å²) >= 11 is 0. The fourth-order valence-corrected chi connectivity index (χ4v) is 3.50. The predicted octanol–water partition coefficient (Wildman–Crippen LogP) is 3.04. The molecule has 1 N–H and O–H groups in total. The van der Waals surface area contributed by atoms with Gasteiger partial charge in [0.05, 0.1) is 0 Å². The largest absolute Gasteiger partial charge is 0.310 e. The van der Waals surface area contributed by atoms with E-state index in [1.54, 1.807) is 0 Å². The molecule has 0 bridgehead atoms. The highest BCUT2D eigenvalue weighted by molar-refractivity contribution is 5.15. The van der Waals surface area contributed by atoms with Crippen molar-refractivity contribution in [2.75, 3.05) is 6.54 Å². The van der Waals surface area contributed by atoms with Gasteiger partial charge in [0.1, 0.15) is 0 Å². The van der Waals surface area contributed by atoms with E-state index < -0.39 is 0 Å². The zero-order valence-electron chi connectivity index (χ0n) is 12.2. The van der Waals surface area contributed by atoms with Gasteiger partial charge >= 0.3 is 0 Å². The molecular formula is C17H26N2. The third-order valence-electron chi connectivity index (χ3n) is 4.50. The molecule has 1 aliphatic carbocycles. The monoisotopic (exact) mass is 258 g/mol. The number of nitrogens with zero attached hydrogens (tertiary/aromatic N) is 1. The first-order valence-electron chi connectivity index (χ1n) is 7.78. The molecule has 1 saturated heterocycles. The fourth-order valence-electron chi connectivity index (χ4n) is 3.50. The Labute approximate surface area is 117 Å². The summed E-state index contributed by atoms with van der Waals surface area (Å²) in [5.74, 6) is 0.725. The van der Waals surface area contributed by atoms with Crippen LogP contribution >= 0.6 is 0 Å². The summed E-state index contributed by atoms with van der Waals surface area (Å²) in [6.45, 7) is 7.08. The van der Waals surface area contributed by atoms with Gasteiger partial charge in [0.2, 0.25) is 0 Å². The van der Waals surface area contributed by atoms with Crippen LogP contribution in [0.25, 0.3) is 0 Å². The van der Waals surface area contributed by atoms with E-state index in [2.05, 4.69) is 54.4 Å². The summed E-state index contributed by atoms with van der Waals surface area (Å²) in [6.07, 6.45) is 4.09. The maximum Gasteiger partial charge on any atom is 0.0276 e. The summed E-state index contributed by atoms with van der Waals surface area (Å²) in [5.41, 5.74) is 1.44. The predicted molar refractivity (Wildman–Crippen MR) is 80.0 cm³/mol. The van der Waals surface area contributed by atoms with Gasteiger partial charge in [-0.3, -0.25) is 4.90 Å². The van der Waals surface area contributed by atoms with Crippen molar-refractivity contribution in [1.82, 2.24) is 10.2 Å². The second-order valence-electron chi connectivity index (χ2n) is 6.53. The van der Waals surface area contributed by atoms with Crippen LogP contribution in [0.2, 0.25) is 0 Å². The zero-order chi connectivity index (χ0) is 13.2. The van der Waals surface area contributed by atoms with Gasteiger partial charge in [0.25, 0.3) is 0 Å². The number of benzene rings is 1. The summed E-state index contributed by atoms with van der Waals surface area (Å²) in [6, 6.07) is 13.1. The van der Waals surface area contributed by atoms with Gasteiger partial charge in [0, 0.05) is 31.2 Å². The van der Waals surface area contributed by atoms with Crippen molar-refractivity contribution >= 4 is 0 Å². The van der Waals surface area contributed by atoms with E-state index >= 15 is 0 Å². The molecule has 2 heteroatoms. The van der Waals surface area contributed by atoms with Crippen LogP contribution in [0.3, 0.4) is 0 Å². The minimum absolute atomic E-state index is 0.695. The van der Waals surface area contributed by atoms with Crippen LogP contribution in [0.4, 0.5) is 0 Å². The fraction of sp³-hybridized carbons (Fsp3) is 0.647. The standard InChI is InChI=1S/C17H26N2/c1-13(2)17-16(18-15-8-9-15)10-11-19(17)12-14-6-4-3-5-7-14/h3-7,13,15-18H,8-12H2,1-2H3. The Hall–Kier alpha value is -0.860. The van der Waals surface area contributed by atoms with Crippen LogP contribution in [0.5, 0.6) is 0 Å². The van der Waals surface area contributed by atoms with Gasteiger partial charge in [-0.15, -0.1) is 0 Å². The Morgan fingerprint density at radius 2 is 1.89 bits per heavy atom. The molecule has 0 amide bonds. The van der Waals surface area contributed by atoms with Gasteiger partial charge in [-0.1, -0.05) is 44.2 Å². The van der Waals surface area contributed by atoms with E-state index in [0.29, 0.717) is 12.1 Å². The molecule has 1 aromatic carbocycles. The van der Waals surface area contributed by atoms with Gasteiger partial charge in [-0.25, -0.2) is 0 Å². The summed E-state index contributed by atoms with van der Waals surface area (Å²) in [7, 11) is 0. The number of rotatable bonds is 5. The van der Waals surface area contributed by atoms with E-state index in [-0.39, 0.29) is 0 Å². The van der Waals surface area contributed by atoms with Crippen molar-refractivity contribution in [3.05, 3.63) is 35.9 Å². The van der Waals surface area contributed by atoms with Crippen LogP contribution in [0, 0.1) is 5.92 Å². The third-order valence-corrected chi connectivity index (χ3v) is 4.50. The second-order valence-corrected chi connectivity index (χ2v) is 6.53. The number of nitrogens with one attached hydrogen (secondary N) is 1. The van der Waals surface area contributed by atoms with E-state index in [9.17, 15) is 0 Å². The molecule has 2 fully saturated rings. The Kier molecular flexibility index (Phi) is 3.90. The lowest BCUT2D eigenvalue weighted by Crippen LogP contribution is -2.46. The maximum atomic E-state index is 3.86. The van der Waals surface area contributed by atoms with E-state index in [0.717, 1.165) is 18.5 Å². The van der Waals surface area contributed by atoms with Crippen LogP contribution in [-0.2, 0) is 6.54 Å². The summed E-state index contributed by atoms with van der Waals surface area (Å²) in [5, 5.41) is 3.86. The molecular weight excluding hydrogens is 232 g/mol. The molecule has 0 spiro atoms. The lowest BCUT2D eigenvalue weighted by molar-refractivity contribution is 0.178. The first kappa shape index (κ1) is 13.1. The Balaban J connectivity index is 1.66. The number of hydrogen-bond acceptors (Lipinski definition) is 2. The molecule has 2 unspecified atom stereocenters. The van der Waals surface area contributed by atoms with Gasteiger partial charge in [0.15, 0.2) is 0 Å². The normalized spacial score (nSPS) is 28.2. The lowest BCUT2D eigenvalue weighted by Gasteiger charge is -2.32. The van der Waals surface area contributed by atoms with Gasteiger partial charge in [-0.05, 0) is 30.7 Å². The molecule has 1 saturated carbocycles. The van der Waals surface area contributed by atoms with E-state index in [1.807, 2.05) is 0 Å². The molecule has 2 atom stereocenters. The summed E-state index contributed by atoms with van der Waals surface area (Å²) in [4.78, 5) is 2.68. The molecule has 1 aromatic rings. The molecule has 2 nitrogen and oxygen atoms in total. The SMILES string of the molecule is CC(C)C1C(NC2CC2)CCN1Cc1ccccc1. The smallest absolute Gasteiger partial charge is 0.0276 e. The maximum absolute atomic E-state index is 3.86. The molecule has 104 valence electrons. The molecule has 0 aromatic heterocycles. The highest BCUT2D eigenvalue weighted by atomic mass is 15.2. The molecule has 0 radical (unpaired) electrons. The second kappa shape index (κ2) is 5.64. The van der Waals surface area contributed by atoms with Crippen LogP contribution in [0.1, 0.15) is 38.7 Å². The molecule has 3 rings (SSSR count). The van der Waals surface area contributed by atoms with Crippen molar-refractivity contribution in [3.63, 3.8) is 0 Å². The molecule has 1 aliphatic heterocycles. The Morgan fingerprint density at radius 3 is 2.53 bits per heavy atom. The van der Waals surface area contributed by atoms with E-state index in [4.69, 9.17) is 0 Å². The van der Waals surface area contributed by atoms with Crippen LogP contribution in [0.15, 0.2) is 30.3 Å². The van der Waals surface area contributed by atoms with Crippen molar-refractivity contribution < 1.29 is 0 Å². The molecule has 1 heterocycles. The minimum Gasteiger partial charge on any atom is -0.310 e. The lowest BCUT2D eigenvalue weighted by atomic mass is 9.97. The quantitative estimate of drug-likeness (QED) is 0.873. The first-order chi connectivity index (χ1) is 9.24. The molecule has 19 heavy (non-hydrogen) atoms. The van der Waals surface area contributed by atoms with E-state index in [1.165, 1.54) is 31.4 Å². The molecule has 2 aliphatic rings. The van der Waals surface area contributed by atoms with Crippen LogP contribution < -0.4 is 5.32 Å². The van der Waals surface area contributed by atoms with Gasteiger partial charge in [-0.2, -0.15) is 0 Å². The average Bonchev–Trinajstić information content (AvgIpc) is 3.12. The average molecular weight is 258 g/mol. The Bertz CT molecular complexity index is 397. The number of likely N-dealkylation sites (tertiary alicyclic amines) is 1. The zero-order valence-corrected chi connectivity index (χ0v) is 12.2. The van der Waals surface area contributed by atoms with Gasteiger partial charge < -0.3 is 5.32 Å². The highest BCUT2D eigenvalue weighted by Crippen LogP contribution is 2.29. The van der Waals surface area contributed by atoms with Crippen molar-refractivity contribution in [2.45, 2.75) is 57.8 Å². The van der Waals surface area contributed by atoms with Crippen LogP contribution in [-0.4, -0.2) is 29.6 Å². The minimum atomic E-state index is 0.695. The Morgan fingerprint density at radius 1 is 1.16 bits per heavy atom. The first-order valence-corrected chi connectivity index (χ1v) is 7.78. The highest BCUT2D eigenvalue weighted by Gasteiger charge is 2.38. The van der Waals surface area contributed by atoms with Crippen molar-refractivity contribution in [2.24, 2.45) is 5.92 Å². The number of hydrogen-bond donors (Lipinski definition) is 1. The van der Waals surface area contributed by atoms with Crippen molar-refractivity contribution in [3.8, 4) is 0 Å². The topological polar surface area (TPSA) is 15.3 Å². The summed E-state index contributed by atoms with van der Waals surface area (Å²) < 4.78 is 0. The third kappa shape index (κ3) is 3.18.